The molecular weight excluding hydrogens is 337 g/mol. The Morgan fingerprint density at radius 3 is 2.77 bits per heavy atom. The highest BCUT2D eigenvalue weighted by Crippen LogP contribution is 2.29. The quantitative estimate of drug-likeness (QED) is 0.527. The SMILES string of the molecule is COc1cccc(C(C)NCCSc2cc(Cl)ccc2Cl)c1. The summed E-state index contributed by atoms with van der Waals surface area (Å²) in [6, 6.07) is 13.9. The average Bonchev–Trinajstić information content (AvgIpc) is 2.54. The fraction of sp³-hybridized carbons (Fsp3) is 0.294. The maximum Gasteiger partial charge on any atom is 0.119 e. The molecule has 2 nitrogen and oxygen atoms in total. The molecule has 0 heterocycles. The molecule has 0 saturated carbocycles. The minimum absolute atomic E-state index is 0.269. The van der Waals surface area contributed by atoms with Crippen LogP contribution in [0.3, 0.4) is 0 Å². The van der Waals surface area contributed by atoms with E-state index in [2.05, 4.69) is 24.4 Å². The zero-order valence-corrected chi connectivity index (χ0v) is 14.9. The minimum Gasteiger partial charge on any atom is -0.497 e. The summed E-state index contributed by atoms with van der Waals surface area (Å²) in [5, 5.41) is 4.96. The molecule has 0 radical (unpaired) electrons. The molecule has 22 heavy (non-hydrogen) atoms. The number of hydrogen-bond donors (Lipinski definition) is 1. The Bertz CT molecular complexity index is 621. The second-order valence-electron chi connectivity index (χ2n) is 4.88. The van der Waals surface area contributed by atoms with Crippen molar-refractivity contribution in [1.82, 2.24) is 5.32 Å². The third-order valence-electron chi connectivity index (χ3n) is 3.30. The van der Waals surface area contributed by atoms with E-state index in [-0.39, 0.29) is 6.04 Å². The minimum atomic E-state index is 0.269. The molecule has 0 spiro atoms. The van der Waals surface area contributed by atoms with E-state index < -0.39 is 0 Å². The van der Waals surface area contributed by atoms with Gasteiger partial charge in [0.05, 0.1) is 12.1 Å². The van der Waals surface area contributed by atoms with Gasteiger partial charge in [-0.25, -0.2) is 0 Å². The molecule has 1 atom stereocenters. The smallest absolute Gasteiger partial charge is 0.119 e. The van der Waals surface area contributed by atoms with Crippen LogP contribution in [0.4, 0.5) is 0 Å². The number of thioether (sulfide) groups is 1. The van der Waals surface area contributed by atoms with Crippen molar-refractivity contribution in [1.29, 1.82) is 0 Å². The van der Waals surface area contributed by atoms with E-state index in [1.807, 2.05) is 24.3 Å². The summed E-state index contributed by atoms with van der Waals surface area (Å²) in [5.74, 6) is 1.81. The molecule has 0 amide bonds. The van der Waals surface area contributed by atoms with Gasteiger partial charge in [-0.2, -0.15) is 0 Å². The Kier molecular flexibility index (Phi) is 6.90. The number of methoxy groups -OCH3 is 1. The molecule has 0 aliphatic carbocycles. The topological polar surface area (TPSA) is 21.3 Å². The summed E-state index contributed by atoms with van der Waals surface area (Å²) in [4.78, 5) is 1.02. The zero-order valence-electron chi connectivity index (χ0n) is 12.6. The highest BCUT2D eigenvalue weighted by atomic mass is 35.5. The maximum atomic E-state index is 6.15. The monoisotopic (exact) mass is 355 g/mol. The number of nitrogens with one attached hydrogen (secondary N) is 1. The van der Waals surface area contributed by atoms with E-state index in [9.17, 15) is 0 Å². The van der Waals surface area contributed by atoms with Crippen molar-refractivity contribution in [3.05, 3.63) is 58.1 Å². The Morgan fingerprint density at radius 2 is 2.00 bits per heavy atom. The summed E-state index contributed by atoms with van der Waals surface area (Å²) < 4.78 is 5.25. The standard InChI is InChI=1S/C17H19Cl2NOS/c1-12(13-4-3-5-15(10-13)21-2)20-8-9-22-17-11-14(18)6-7-16(17)19/h3-7,10-12,20H,8-9H2,1-2H3. The van der Waals surface area contributed by atoms with E-state index in [1.54, 1.807) is 24.9 Å². The van der Waals surface area contributed by atoms with Crippen molar-refractivity contribution < 1.29 is 4.74 Å². The van der Waals surface area contributed by atoms with E-state index in [4.69, 9.17) is 27.9 Å². The molecule has 2 rings (SSSR count). The summed E-state index contributed by atoms with van der Waals surface area (Å²) in [7, 11) is 1.68. The molecule has 0 bridgehead atoms. The van der Waals surface area contributed by atoms with Gasteiger partial charge in [-0.1, -0.05) is 35.3 Å². The van der Waals surface area contributed by atoms with E-state index in [0.717, 1.165) is 28.0 Å². The Balaban J connectivity index is 1.81. The lowest BCUT2D eigenvalue weighted by Gasteiger charge is -2.15. The molecule has 0 aromatic heterocycles. The third-order valence-corrected chi connectivity index (χ3v) is 5.03. The van der Waals surface area contributed by atoms with Crippen LogP contribution in [0.15, 0.2) is 47.4 Å². The van der Waals surface area contributed by atoms with Crippen molar-refractivity contribution in [2.45, 2.75) is 17.9 Å². The number of halogens is 2. The van der Waals surface area contributed by atoms with Gasteiger partial charge >= 0.3 is 0 Å². The average molecular weight is 356 g/mol. The molecule has 5 heteroatoms. The molecular formula is C17H19Cl2NOS. The van der Waals surface area contributed by atoms with Crippen molar-refractivity contribution in [3.63, 3.8) is 0 Å². The van der Waals surface area contributed by atoms with Crippen molar-refractivity contribution in [2.75, 3.05) is 19.4 Å². The van der Waals surface area contributed by atoms with Crippen LogP contribution >= 0.6 is 35.0 Å². The number of hydrogen-bond acceptors (Lipinski definition) is 3. The molecule has 0 aliphatic rings. The summed E-state index contributed by atoms with van der Waals surface area (Å²) in [6.07, 6.45) is 0. The van der Waals surface area contributed by atoms with Crippen molar-refractivity contribution in [2.24, 2.45) is 0 Å². The lowest BCUT2D eigenvalue weighted by molar-refractivity contribution is 0.413. The molecule has 1 unspecified atom stereocenters. The third kappa shape index (κ3) is 5.10. The predicted octanol–water partition coefficient (Wildman–Crippen LogP) is 5.44. The fourth-order valence-electron chi connectivity index (χ4n) is 2.05. The van der Waals surface area contributed by atoms with Crippen molar-refractivity contribution in [3.8, 4) is 5.75 Å². The van der Waals surface area contributed by atoms with Crippen LogP contribution in [-0.2, 0) is 0 Å². The van der Waals surface area contributed by atoms with E-state index >= 15 is 0 Å². The molecule has 2 aromatic carbocycles. The first-order valence-corrected chi connectivity index (χ1v) is 8.79. The van der Waals surface area contributed by atoms with Gasteiger partial charge in [-0.05, 0) is 42.8 Å². The van der Waals surface area contributed by atoms with Crippen LogP contribution in [0.5, 0.6) is 5.75 Å². The second-order valence-corrected chi connectivity index (χ2v) is 6.86. The van der Waals surface area contributed by atoms with Crippen LogP contribution < -0.4 is 10.1 Å². The summed E-state index contributed by atoms with van der Waals surface area (Å²) in [6.45, 7) is 3.03. The molecule has 118 valence electrons. The first-order valence-electron chi connectivity index (χ1n) is 7.05. The Labute approximate surface area is 146 Å². The van der Waals surface area contributed by atoms with Crippen LogP contribution in [0.2, 0.25) is 10.0 Å². The lowest BCUT2D eigenvalue weighted by atomic mass is 10.1. The molecule has 0 aliphatic heterocycles. The maximum absolute atomic E-state index is 6.15. The molecule has 0 fully saturated rings. The molecule has 2 aromatic rings. The highest BCUT2D eigenvalue weighted by Gasteiger charge is 2.06. The van der Waals surface area contributed by atoms with Gasteiger partial charge in [-0.3, -0.25) is 0 Å². The van der Waals surface area contributed by atoms with E-state index in [1.165, 1.54) is 5.56 Å². The Hall–Kier alpha value is -0.870. The Morgan fingerprint density at radius 1 is 1.18 bits per heavy atom. The zero-order chi connectivity index (χ0) is 15.9. The highest BCUT2D eigenvalue weighted by molar-refractivity contribution is 7.99. The van der Waals surface area contributed by atoms with Gasteiger partial charge in [0.1, 0.15) is 5.75 Å². The van der Waals surface area contributed by atoms with Gasteiger partial charge in [0.2, 0.25) is 0 Å². The predicted molar refractivity (Wildman–Crippen MR) is 96.6 cm³/mol. The number of ether oxygens (including phenoxy) is 1. The largest absolute Gasteiger partial charge is 0.497 e. The normalized spacial score (nSPS) is 12.2. The molecule has 1 N–H and O–H groups in total. The van der Waals surface area contributed by atoms with Gasteiger partial charge in [0, 0.05) is 28.3 Å². The van der Waals surface area contributed by atoms with Crippen LogP contribution in [0.25, 0.3) is 0 Å². The number of benzene rings is 2. The second kappa shape index (κ2) is 8.68. The van der Waals surface area contributed by atoms with Gasteiger partial charge in [0.25, 0.3) is 0 Å². The van der Waals surface area contributed by atoms with Crippen LogP contribution in [-0.4, -0.2) is 19.4 Å². The first kappa shape index (κ1) is 17.5. The lowest BCUT2D eigenvalue weighted by Crippen LogP contribution is -2.21. The van der Waals surface area contributed by atoms with E-state index in [0.29, 0.717) is 5.02 Å². The molecule has 0 saturated heterocycles. The summed E-state index contributed by atoms with van der Waals surface area (Å²) in [5.41, 5.74) is 1.21. The van der Waals surface area contributed by atoms with Crippen molar-refractivity contribution >= 4 is 35.0 Å². The van der Waals surface area contributed by atoms with Crippen LogP contribution in [0, 0.1) is 0 Å². The van der Waals surface area contributed by atoms with Gasteiger partial charge in [0.15, 0.2) is 0 Å². The number of rotatable bonds is 7. The first-order chi connectivity index (χ1) is 10.6. The van der Waals surface area contributed by atoms with Crippen LogP contribution in [0.1, 0.15) is 18.5 Å². The summed E-state index contributed by atoms with van der Waals surface area (Å²) >= 11 is 13.8. The van der Waals surface area contributed by atoms with Gasteiger partial charge < -0.3 is 10.1 Å². The van der Waals surface area contributed by atoms with Gasteiger partial charge in [-0.15, -0.1) is 11.8 Å². The fourth-order valence-corrected chi connectivity index (χ4v) is 3.43.